The molecule has 0 saturated carbocycles. The highest BCUT2D eigenvalue weighted by Gasteiger charge is 2.21. The van der Waals surface area contributed by atoms with E-state index in [1.165, 1.54) is 57.7 Å². The number of carboxylic acids is 1. The van der Waals surface area contributed by atoms with Crippen molar-refractivity contribution in [3.05, 3.63) is 217 Å². The molecular weight excluding hydrogens is 1160 g/mol. The van der Waals surface area contributed by atoms with E-state index in [1.807, 2.05) is 75.4 Å². The third kappa shape index (κ3) is 20.3. The van der Waals surface area contributed by atoms with Gasteiger partial charge in [-0.05, 0) is 202 Å². The van der Waals surface area contributed by atoms with Crippen LogP contribution in [0.1, 0.15) is 72.6 Å². The van der Waals surface area contributed by atoms with Crippen molar-refractivity contribution in [1.29, 1.82) is 0 Å². The van der Waals surface area contributed by atoms with Gasteiger partial charge in [0.2, 0.25) is 0 Å². The van der Waals surface area contributed by atoms with E-state index in [4.69, 9.17) is 35.5 Å². The van der Waals surface area contributed by atoms with Crippen LogP contribution in [0, 0.1) is 17.5 Å². The maximum atomic E-state index is 14.1. The lowest BCUT2D eigenvalue weighted by Gasteiger charge is -2.21. The molecule has 0 spiro atoms. The summed E-state index contributed by atoms with van der Waals surface area (Å²) in [6.07, 6.45) is 8.93. The second kappa shape index (κ2) is 31.2. The lowest BCUT2D eigenvalue weighted by atomic mass is 10.1. The summed E-state index contributed by atoms with van der Waals surface area (Å²) in [7, 11) is 4.03. The van der Waals surface area contributed by atoms with Crippen molar-refractivity contribution in [1.82, 2.24) is 15.0 Å². The molecule has 3 aromatic heterocycles. The number of hydrogen-bond acceptors (Lipinski definition) is 15. The molecule has 23 heteroatoms. The average Bonchev–Trinajstić information content (AvgIpc) is 2.00. The summed E-state index contributed by atoms with van der Waals surface area (Å²) in [5.74, 6) is -3.93. The molecule has 0 radical (unpaired) electrons. The van der Waals surface area contributed by atoms with Crippen LogP contribution in [0.4, 0.5) is 56.9 Å². The van der Waals surface area contributed by atoms with Gasteiger partial charge >= 0.3 is 18.2 Å². The minimum atomic E-state index is -1.16. The molecule has 0 unspecified atom stereocenters. The fourth-order valence-electron chi connectivity index (χ4n) is 7.90. The largest absolute Gasteiger partial charge is 0.494 e. The molecule has 0 aliphatic carbocycles. The van der Waals surface area contributed by atoms with Gasteiger partial charge in [0.05, 0.1) is 61.0 Å². The predicted molar refractivity (Wildman–Crippen MR) is 339 cm³/mol. The number of rotatable bonds is 13. The van der Waals surface area contributed by atoms with Crippen LogP contribution in [-0.4, -0.2) is 82.6 Å². The minimum absolute atomic E-state index is 0.0357. The van der Waals surface area contributed by atoms with E-state index in [1.54, 1.807) is 94.4 Å². The molecule has 3 heterocycles. The summed E-state index contributed by atoms with van der Waals surface area (Å²) in [4.78, 5) is 71.5. The van der Waals surface area contributed by atoms with Crippen LogP contribution in [0.5, 0.6) is 17.2 Å². The first-order valence-electron chi connectivity index (χ1n) is 27.3. The standard InChI is InChI=1S/C24H24FN3O4.C19H16FN3O2.C16H19N3O2.C8H7FO3/c1-24(2,3)32-23(30)28-19-7-5-16(15-9-11-26-12-10-15)14-20(19)27-22(29)17-6-8-21(31-4)18(25)13-17;1-25-18-5-3-14(10-15(18)20)19(24)23-17-11-13(2-4-16(17)21)12-6-8-22-9-7-12;1-16(2,3)21-15(20)19-14-5-4-12(10-13(14)17)11-6-8-18-9-7-11;1-12-7-3-2-5(8(10)11)4-6(7)9/h5-14H,1-4H3,(H,27,29)(H,28,30);2-11H,21H2,1H3,(H,23,24);4-10H,17H2,1-3H3,(H,19,20);2-4H,1H3,(H,10,11). The molecule has 466 valence electrons. The van der Waals surface area contributed by atoms with Crippen LogP contribution < -0.4 is 46.9 Å². The van der Waals surface area contributed by atoms with E-state index in [0.717, 1.165) is 51.6 Å². The van der Waals surface area contributed by atoms with Crippen LogP contribution in [0.2, 0.25) is 0 Å². The summed E-state index contributed by atoms with van der Waals surface area (Å²) < 4.78 is 65.5. The molecule has 9 N–H and O–H groups in total. The van der Waals surface area contributed by atoms with Gasteiger partial charge in [-0.2, -0.15) is 0 Å². The molecule has 0 fully saturated rings. The number of aromatic nitrogens is 3. The number of halogens is 3. The fourth-order valence-corrected chi connectivity index (χ4v) is 7.90. The van der Waals surface area contributed by atoms with Crippen LogP contribution in [0.3, 0.4) is 0 Å². The van der Waals surface area contributed by atoms with Crippen molar-refractivity contribution >= 4 is 64.1 Å². The number of nitrogens with one attached hydrogen (secondary N) is 4. The maximum Gasteiger partial charge on any atom is 0.412 e. The van der Waals surface area contributed by atoms with Gasteiger partial charge < -0.3 is 50.9 Å². The molecule has 90 heavy (non-hydrogen) atoms. The number of aromatic carboxylic acids is 1. The molecule has 0 bridgehead atoms. The lowest BCUT2D eigenvalue weighted by molar-refractivity contribution is 0.0624. The second-order valence-corrected chi connectivity index (χ2v) is 21.1. The summed E-state index contributed by atoms with van der Waals surface area (Å²) in [6, 6.07) is 38.5. The van der Waals surface area contributed by atoms with Gasteiger partial charge in [-0.1, -0.05) is 18.2 Å². The number of amides is 4. The summed E-state index contributed by atoms with van der Waals surface area (Å²) in [5, 5.41) is 19.2. The van der Waals surface area contributed by atoms with Gasteiger partial charge in [0.15, 0.2) is 34.7 Å². The number of carbonyl (C=O) groups excluding carboxylic acids is 4. The number of nitrogens with two attached hydrogens (primary N) is 2. The Morgan fingerprint density at radius 2 is 0.733 bits per heavy atom. The highest BCUT2D eigenvalue weighted by Crippen LogP contribution is 2.32. The Bertz CT molecular complexity index is 3970. The molecule has 6 aromatic carbocycles. The molecule has 0 atom stereocenters. The highest BCUT2D eigenvalue weighted by atomic mass is 19.1. The van der Waals surface area contributed by atoms with Crippen LogP contribution in [0.15, 0.2) is 183 Å². The zero-order valence-electron chi connectivity index (χ0n) is 50.5. The van der Waals surface area contributed by atoms with Gasteiger partial charge in [-0.3, -0.25) is 35.2 Å². The molecule has 4 amide bonds. The topological polar surface area (TPSA) is 291 Å². The molecular formula is C67H66F3N9O11. The van der Waals surface area contributed by atoms with Gasteiger partial charge in [-0.15, -0.1) is 0 Å². The van der Waals surface area contributed by atoms with E-state index < -0.39 is 58.6 Å². The zero-order chi connectivity index (χ0) is 65.7. The van der Waals surface area contributed by atoms with Crippen LogP contribution >= 0.6 is 0 Å². The van der Waals surface area contributed by atoms with Crippen molar-refractivity contribution in [3.63, 3.8) is 0 Å². The van der Waals surface area contributed by atoms with E-state index in [9.17, 15) is 37.1 Å². The third-order valence-electron chi connectivity index (χ3n) is 12.2. The molecule has 20 nitrogen and oxygen atoms in total. The fraction of sp³-hybridized carbons (Fsp3) is 0.164. The Hall–Kier alpha value is -11.5. The van der Waals surface area contributed by atoms with Gasteiger partial charge in [0.1, 0.15) is 11.2 Å². The number of nitrogen functional groups attached to an aromatic ring is 2. The normalized spacial score (nSPS) is 10.6. The molecule has 0 aliphatic rings. The first-order valence-corrected chi connectivity index (χ1v) is 27.3. The Balaban J connectivity index is 0.000000200. The maximum absolute atomic E-state index is 14.1. The number of benzene rings is 6. The smallest absolute Gasteiger partial charge is 0.412 e. The SMILES string of the molecule is CC(C)(C)OC(=O)Nc1ccc(-c2ccncc2)cc1N.COc1ccc(C(=O)Nc2cc(-c3ccncc3)ccc2N)cc1F.COc1ccc(C(=O)Nc2cc(-c3ccncc3)ccc2NC(=O)OC(C)(C)C)cc1F.COc1ccc(C(=O)O)cc1F. The monoisotopic (exact) mass is 1230 g/mol. The number of ether oxygens (including phenoxy) is 5. The number of carboxylic acid groups (broad SMARTS) is 1. The summed E-state index contributed by atoms with van der Waals surface area (Å²) in [6.45, 7) is 10.7. The summed E-state index contributed by atoms with van der Waals surface area (Å²) in [5.41, 5.74) is 18.9. The first kappa shape index (κ1) is 67.6. The van der Waals surface area contributed by atoms with E-state index >= 15 is 0 Å². The van der Waals surface area contributed by atoms with Gasteiger partial charge in [0.25, 0.3) is 11.8 Å². The summed E-state index contributed by atoms with van der Waals surface area (Å²) >= 11 is 0. The number of methoxy groups -OCH3 is 3. The Labute approximate surface area is 517 Å². The number of pyridine rings is 3. The van der Waals surface area contributed by atoms with Crippen molar-refractivity contribution in [2.45, 2.75) is 52.7 Å². The minimum Gasteiger partial charge on any atom is -0.494 e. The molecule has 0 saturated heterocycles. The Morgan fingerprint density at radius 1 is 0.389 bits per heavy atom. The Kier molecular flexibility index (Phi) is 23.5. The Morgan fingerprint density at radius 3 is 1.11 bits per heavy atom. The van der Waals surface area contributed by atoms with E-state index in [0.29, 0.717) is 34.1 Å². The van der Waals surface area contributed by atoms with Crippen molar-refractivity contribution in [3.8, 4) is 50.6 Å². The van der Waals surface area contributed by atoms with Crippen LogP contribution in [-0.2, 0) is 9.47 Å². The second-order valence-electron chi connectivity index (χ2n) is 21.1. The first-order chi connectivity index (χ1) is 42.7. The van der Waals surface area contributed by atoms with Crippen molar-refractivity contribution < 1.29 is 65.9 Å². The quantitative estimate of drug-likeness (QED) is 0.0528. The number of nitrogens with zero attached hydrogens (tertiary/aromatic N) is 3. The molecule has 9 aromatic rings. The number of hydrogen-bond donors (Lipinski definition) is 7. The highest BCUT2D eigenvalue weighted by molar-refractivity contribution is 6.08. The zero-order valence-corrected chi connectivity index (χ0v) is 50.5. The lowest BCUT2D eigenvalue weighted by Crippen LogP contribution is -2.27. The van der Waals surface area contributed by atoms with Gasteiger partial charge in [-0.25, -0.2) is 27.6 Å². The average molecular weight is 1230 g/mol. The molecule has 0 aliphatic heterocycles. The van der Waals surface area contributed by atoms with Crippen molar-refractivity contribution in [2.24, 2.45) is 0 Å². The predicted octanol–water partition coefficient (Wildman–Crippen LogP) is 14.4. The molecule has 9 rings (SSSR count). The third-order valence-corrected chi connectivity index (χ3v) is 12.2. The van der Waals surface area contributed by atoms with E-state index in [2.05, 4.69) is 41.0 Å². The van der Waals surface area contributed by atoms with E-state index in [-0.39, 0.29) is 33.9 Å². The van der Waals surface area contributed by atoms with Crippen LogP contribution in [0.25, 0.3) is 33.4 Å². The number of anilines is 6. The van der Waals surface area contributed by atoms with Crippen molar-refractivity contribution in [2.75, 3.05) is 54.1 Å². The van der Waals surface area contributed by atoms with Gasteiger partial charge in [0, 0.05) is 48.3 Å². The number of carbonyl (C=O) groups is 5.